The van der Waals surface area contributed by atoms with Crippen molar-refractivity contribution in [2.45, 2.75) is 19.9 Å². The zero-order valence-electron chi connectivity index (χ0n) is 17.8. The number of hydrogen-bond donors (Lipinski definition) is 1. The molecule has 2 aromatic carbocycles. The van der Waals surface area contributed by atoms with E-state index < -0.39 is 16.5 Å². The van der Waals surface area contributed by atoms with Gasteiger partial charge >= 0.3 is 5.69 Å². The number of imidazole rings is 1. The van der Waals surface area contributed by atoms with E-state index in [9.17, 15) is 14.9 Å². The van der Waals surface area contributed by atoms with Gasteiger partial charge in [0.05, 0.1) is 37.3 Å². The molecule has 0 radical (unpaired) electrons. The van der Waals surface area contributed by atoms with Crippen LogP contribution in [0.5, 0.6) is 17.2 Å². The van der Waals surface area contributed by atoms with E-state index in [2.05, 4.69) is 14.9 Å². The fourth-order valence-electron chi connectivity index (χ4n) is 3.51. The second-order valence-corrected chi connectivity index (χ2v) is 6.71. The van der Waals surface area contributed by atoms with Crippen LogP contribution in [0.2, 0.25) is 0 Å². The van der Waals surface area contributed by atoms with Crippen molar-refractivity contribution in [3.63, 3.8) is 0 Å². The van der Waals surface area contributed by atoms with E-state index in [-0.39, 0.29) is 22.8 Å². The summed E-state index contributed by atoms with van der Waals surface area (Å²) in [6.45, 7) is 2.89. The Bertz CT molecular complexity index is 1120. The van der Waals surface area contributed by atoms with Crippen molar-refractivity contribution in [3.05, 3.63) is 51.8 Å². The van der Waals surface area contributed by atoms with Crippen LogP contribution < -0.4 is 19.5 Å². The molecule has 3 aromatic rings. The number of ether oxygens (including phenoxy) is 3. The smallest absolute Gasteiger partial charge is 0.327 e. The zero-order valence-corrected chi connectivity index (χ0v) is 17.8. The number of fused-ring (bicyclic) bond motifs is 1. The largest absolute Gasteiger partial charge is 0.493 e. The summed E-state index contributed by atoms with van der Waals surface area (Å²) in [5.74, 6) is 0.329. The number of aryl methyl sites for hydroxylation is 2. The molecule has 0 atom stereocenters. The van der Waals surface area contributed by atoms with Gasteiger partial charge < -0.3 is 24.1 Å². The molecule has 1 amide bonds. The minimum absolute atomic E-state index is 0.0516. The first kappa shape index (κ1) is 21.9. The van der Waals surface area contributed by atoms with Crippen LogP contribution in [0.25, 0.3) is 11.0 Å². The van der Waals surface area contributed by atoms with E-state index >= 15 is 0 Å². The second kappa shape index (κ2) is 9.33. The van der Waals surface area contributed by atoms with Gasteiger partial charge in [-0.3, -0.25) is 14.9 Å². The van der Waals surface area contributed by atoms with Crippen LogP contribution in [0.3, 0.4) is 0 Å². The van der Waals surface area contributed by atoms with Gasteiger partial charge in [0.15, 0.2) is 5.75 Å². The van der Waals surface area contributed by atoms with Gasteiger partial charge in [0, 0.05) is 19.2 Å². The molecule has 3 rings (SSSR count). The number of aromatic nitrogens is 2. The summed E-state index contributed by atoms with van der Waals surface area (Å²) in [5.41, 5.74) is 1.29. The van der Waals surface area contributed by atoms with Crippen LogP contribution >= 0.6 is 0 Å². The third kappa shape index (κ3) is 4.23. The van der Waals surface area contributed by atoms with E-state index in [0.29, 0.717) is 19.5 Å². The van der Waals surface area contributed by atoms with Crippen LogP contribution in [-0.4, -0.2) is 48.3 Å². The summed E-state index contributed by atoms with van der Waals surface area (Å²) in [4.78, 5) is 28.3. The Kier molecular flexibility index (Phi) is 6.58. The molecule has 1 aromatic heterocycles. The first-order valence-corrected chi connectivity index (χ1v) is 9.60. The molecule has 0 saturated heterocycles. The van der Waals surface area contributed by atoms with Crippen molar-refractivity contribution in [1.82, 2.24) is 14.9 Å². The number of nitro groups is 1. The van der Waals surface area contributed by atoms with Gasteiger partial charge in [-0.15, -0.1) is 0 Å². The van der Waals surface area contributed by atoms with Crippen molar-refractivity contribution in [1.29, 1.82) is 0 Å². The molecule has 0 aliphatic carbocycles. The maximum atomic E-state index is 12.8. The van der Waals surface area contributed by atoms with Gasteiger partial charge in [-0.2, -0.15) is 0 Å². The molecular formula is C21H24N4O6. The SMILES string of the molecule is COc1cc(C(=O)NCCCn2c(C)nc3ccccc32)c([N+](=O)[O-])c(OC)c1OC. The molecule has 0 fully saturated rings. The zero-order chi connectivity index (χ0) is 22.5. The first-order valence-electron chi connectivity index (χ1n) is 9.60. The molecule has 0 aliphatic rings. The maximum Gasteiger partial charge on any atom is 0.327 e. The van der Waals surface area contributed by atoms with Crippen molar-refractivity contribution in [2.75, 3.05) is 27.9 Å². The summed E-state index contributed by atoms with van der Waals surface area (Å²) < 4.78 is 17.6. The van der Waals surface area contributed by atoms with Crippen LogP contribution in [0.1, 0.15) is 22.6 Å². The summed E-state index contributed by atoms with van der Waals surface area (Å²) in [6.07, 6.45) is 0.616. The normalized spacial score (nSPS) is 10.7. The lowest BCUT2D eigenvalue weighted by molar-refractivity contribution is -0.386. The average molecular weight is 428 g/mol. The Hall–Kier alpha value is -3.82. The number of nitro benzene ring substituents is 1. The second-order valence-electron chi connectivity index (χ2n) is 6.71. The van der Waals surface area contributed by atoms with Gasteiger partial charge in [-0.05, 0) is 25.5 Å². The quantitative estimate of drug-likeness (QED) is 0.316. The highest BCUT2D eigenvalue weighted by molar-refractivity contribution is 6.00. The molecule has 0 spiro atoms. The van der Waals surface area contributed by atoms with Crippen molar-refractivity contribution < 1.29 is 23.9 Å². The van der Waals surface area contributed by atoms with E-state index in [4.69, 9.17) is 14.2 Å². The minimum atomic E-state index is -0.670. The predicted molar refractivity (Wildman–Crippen MR) is 114 cm³/mol. The first-order chi connectivity index (χ1) is 14.9. The highest BCUT2D eigenvalue weighted by Crippen LogP contribution is 2.46. The fraction of sp³-hybridized carbons (Fsp3) is 0.333. The molecule has 164 valence electrons. The van der Waals surface area contributed by atoms with Crippen molar-refractivity contribution in [3.8, 4) is 17.2 Å². The molecule has 1 N–H and O–H groups in total. The fourth-order valence-corrected chi connectivity index (χ4v) is 3.51. The lowest BCUT2D eigenvalue weighted by atomic mass is 10.1. The highest BCUT2D eigenvalue weighted by atomic mass is 16.6. The lowest BCUT2D eigenvalue weighted by Crippen LogP contribution is -2.26. The number of nitrogens with zero attached hydrogens (tertiary/aromatic N) is 3. The Morgan fingerprint density at radius 1 is 1.16 bits per heavy atom. The topological polar surface area (TPSA) is 118 Å². The molecular weight excluding hydrogens is 404 g/mol. The Balaban J connectivity index is 1.77. The third-order valence-electron chi connectivity index (χ3n) is 4.92. The van der Waals surface area contributed by atoms with E-state index in [1.54, 1.807) is 0 Å². The Morgan fingerprint density at radius 2 is 1.87 bits per heavy atom. The van der Waals surface area contributed by atoms with Gasteiger partial charge in [0.25, 0.3) is 5.91 Å². The van der Waals surface area contributed by atoms with E-state index in [1.165, 1.54) is 27.4 Å². The number of nitrogens with one attached hydrogen (secondary N) is 1. The average Bonchev–Trinajstić information content (AvgIpc) is 3.09. The van der Waals surface area contributed by atoms with Gasteiger partial charge in [0.1, 0.15) is 11.4 Å². The molecule has 31 heavy (non-hydrogen) atoms. The molecule has 0 bridgehead atoms. The highest BCUT2D eigenvalue weighted by Gasteiger charge is 2.32. The Labute approximate surface area is 178 Å². The summed E-state index contributed by atoms with van der Waals surface area (Å²) in [5, 5.41) is 14.4. The molecule has 0 aliphatic heterocycles. The number of para-hydroxylation sites is 2. The van der Waals surface area contributed by atoms with Gasteiger partial charge in [-0.25, -0.2) is 4.98 Å². The summed E-state index contributed by atoms with van der Waals surface area (Å²) >= 11 is 0. The van der Waals surface area contributed by atoms with Crippen LogP contribution in [0.4, 0.5) is 5.69 Å². The van der Waals surface area contributed by atoms with Crippen LogP contribution in [-0.2, 0) is 6.54 Å². The van der Waals surface area contributed by atoms with Crippen LogP contribution in [0.15, 0.2) is 30.3 Å². The van der Waals surface area contributed by atoms with E-state index in [0.717, 1.165) is 16.9 Å². The molecule has 0 unspecified atom stereocenters. The predicted octanol–water partition coefficient (Wildman–Crippen LogP) is 3.10. The van der Waals surface area contributed by atoms with Crippen LogP contribution in [0, 0.1) is 17.0 Å². The van der Waals surface area contributed by atoms with Crippen molar-refractivity contribution in [2.24, 2.45) is 0 Å². The number of amides is 1. The summed E-state index contributed by atoms with van der Waals surface area (Å²) in [7, 11) is 3.98. The molecule has 0 saturated carbocycles. The Morgan fingerprint density at radius 3 is 2.52 bits per heavy atom. The number of benzene rings is 2. The molecule has 1 heterocycles. The van der Waals surface area contributed by atoms with Gasteiger partial charge in [-0.1, -0.05) is 12.1 Å². The van der Waals surface area contributed by atoms with Gasteiger partial charge in [0.2, 0.25) is 11.5 Å². The number of hydrogen-bond acceptors (Lipinski definition) is 7. The maximum absolute atomic E-state index is 12.8. The van der Waals surface area contributed by atoms with Crippen molar-refractivity contribution >= 4 is 22.6 Å². The monoisotopic (exact) mass is 428 g/mol. The molecule has 10 nitrogen and oxygen atoms in total. The lowest BCUT2D eigenvalue weighted by Gasteiger charge is -2.15. The molecule has 10 heteroatoms. The standard InChI is InChI=1S/C21H24N4O6/c1-13-23-15-8-5-6-9-16(15)24(13)11-7-10-22-21(26)14-12-17(29-2)19(30-3)20(31-4)18(14)25(27)28/h5-6,8-9,12H,7,10-11H2,1-4H3,(H,22,26). The number of methoxy groups -OCH3 is 3. The number of carbonyl (C=O) groups excluding carboxylic acids is 1. The summed E-state index contributed by atoms with van der Waals surface area (Å²) in [6, 6.07) is 9.11. The third-order valence-corrected chi connectivity index (χ3v) is 4.92. The number of carbonyl (C=O) groups is 1. The van der Waals surface area contributed by atoms with E-state index in [1.807, 2.05) is 31.2 Å². The number of rotatable bonds is 9. The minimum Gasteiger partial charge on any atom is -0.493 e.